The summed E-state index contributed by atoms with van der Waals surface area (Å²) in [6.07, 6.45) is 0. The van der Waals surface area contributed by atoms with Crippen molar-refractivity contribution in [3.63, 3.8) is 0 Å². The van der Waals surface area contributed by atoms with Crippen molar-refractivity contribution in [1.82, 2.24) is 4.90 Å². The van der Waals surface area contributed by atoms with E-state index in [4.69, 9.17) is 5.73 Å². The number of nitrogens with zero attached hydrogens (tertiary/aromatic N) is 1. The van der Waals surface area contributed by atoms with Crippen LogP contribution >= 0.6 is 0 Å². The summed E-state index contributed by atoms with van der Waals surface area (Å²) in [4.78, 5) is 2.34. The number of rotatable bonds is 1. The first-order valence-electron chi connectivity index (χ1n) is 3.60. The van der Waals surface area contributed by atoms with Gasteiger partial charge in [0.15, 0.2) is 0 Å². The fourth-order valence-corrected chi connectivity index (χ4v) is 1.64. The standard InChI is InChI=1S/C7H16N2/c1-5-6(2)9(3)7(5)4-8/h5-7H,4,8H2,1-3H3/t5-,6+,7+/m0/s1. The molecule has 0 aromatic rings. The predicted octanol–water partition coefficient (Wildman–Crippen LogP) is 0.284. The lowest BCUT2D eigenvalue weighted by molar-refractivity contribution is -0.00725. The van der Waals surface area contributed by atoms with Crippen molar-refractivity contribution in [2.45, 2.75) is 25.9 Å². The second-order valence-electron chi connectivity index (χ2n) is 3.07. The van der Waals surface area contributed by atoms with Crippen molar-refractivity contribution < 1.29 is 0 Å². The third-order valence-electron chi connectivity index (χ3n) is 2.77. The summed E-state index contributed by atoms with van der Waals surface area (Å²) < 4.78 is 0. The van der Waals surface area contributed by atoms with Crippen LogP contribution < -0.4 is 5.73 Å². The minimum Gasteiger partial charge on any atom is -0.329 e. The zero-order chi connectivity index (χ0) is 7.02. The fraction of sp³-hybridized carbons (Fsp3) is 1.00. The molecule has 2 N–H and O–H groups in total. The average Bonchev–Trinajstić information content (AvgIpc) is 1.89. The number of hydrogen-bond donors (Lipinski definition) is 1. The molecule has 1 heterocycles. The zero-order valence-corrected chi connectivity index (χ0v) is 6.46. The first-order chi connectivity index (χ1) is 4.18. The third-order valence-corrected chi connectivity index (χ3v) is 2.77. The van der Waals surface area contributed by atoms with Crippen molar-refractivity contribution >= 4 is 0 Å². The summed E-state index contributed by atoms with van der Waals surface area (Å²) in [5.41, 5.74) is 5.54. The Morgan fingerprint density at radius 2 is 2.00 bits per heavy atom. The molecule has 2 nitrogen and oxygen atoms in total. The Balaban J connectivity index is 2.41. The minimum absolute atomic E-state index is 0.639. The van der Waals surface area contributed by atoms with Gasteiger partial charge in [-0.3, -0.25) is 4.90 Å². The van der Waals surface area contributed by atoms with Crippen molar-refractivity contribution in [2.24, 2.45) is 11.7 Å². The number of likely N-dealkylation sites (tertiary alicyclic amines) is 1. The van der Waals surface area contributed by atoms with E-state index in [1.54, 1.807) is 0 Å². The highest BCUT2D eigenvalue weighted by Crippen LogP contribution is 2.28. The second-order valence-corrected chi connectivity index (χ2v) is 3.07. The summed E-state index contributed by atoms with van der Waals surface area (Å²) in [6, 6.07) is 1.37. The summed E-state index contributed by atoms with van der Waals surface area (Å²) in [6.45, 7) is 5.32. The highest BCUT2D eigenvalue weighted by atomic mass is 15.2. The summed E-state index contributed by atoms with van der Waals surface area (Å²) in [5.74, 6) is 0.792. The van der Waals surface area contributed by atoms with Gasteiger partial charge in [0, 0.05) is 18.6 Å². The molecule has 1 fully saturated rings. The molecule has 3 atom stereocenters. The van der Waals surface area contributed by atoms with Gasteiger partial charge in [0.05, 0.1) is 0 Å². The van der Waals surface area contributed by atoms with Crippen LogP contribution in [0.3, 0.4) is 0 Å². The molecule has 0 saturated carbocycles. The summed E-state index contributed by atoms with van der Waals surface area (Å²) in [5, 5.41) is 0. The van der Waals surface area contributed by atoms with E-state index in [1.165, 1.54) is 0 Å². The fourth-order valence-electron chi connectivity index (χ4n) is 1.64. The van der Waals surface area contributed by atoms with Crippen LogP contribution in [0.15, 0.2) is 0 Å². The first kappa shape index (κ1) is 7.03. The third kappa shape index (κ3) is 0.864. The molecular formula is C7H16N2. The van der Waals surface area contributed by atoms with Crippen molar-refractivity contribution in [1.29, 1.82) is 0 Å². The summed E-state index contributed by atoms with van der Waals surface area (Å²) in [7, 11) is 2.14. The largest absolute Gasteiger partial charge is 0.329 e. The molecule has 1 aliphatic rings. The topological polar surface area (TPSA) is 29.3 Å². The molecule has 0 bridgehead atoms. The van der Waals surface area contributed by atoms with Crippen molar-refractivity contribution in [3.8, 4) is 0 Å². The van der Waals surface area contributed by atoms with Gasteiger partial charge < -0.3 is 5.73 Å². The lowest BCUT2D eigenvalue weighted by Crippen LogP contribution is -2.62. The van der Waals surface area contributed by atoms with Gasteiger partial charge in [-0.2, -0.15) is 0 Å². The van der Waals surface area contributed by atoms with Crippen molar-refractivity contribution in [3.05, 3.63) is 0 Å². The van der Waals surface area contributed by atoms with E-state index in [9.17, 15) is 0 Å². The van der Waals surface area contributed by atoms with E-state index in [0.29, 0.717) is 6.04 Å². The van der Waals surface area contributed by atoms with Gasteiger partial charge in [0.1, 0.15) is 0 Å². The normalized spacial score (nSPS) is 44.7. The smallest absolute Gasteiger partial charge is 0.0258 e. The highest BCUT2D eigenvalue weighted by Gasteiger charge is 2.38. The van der Waals surface area contributed by atoms with Gasteiger partial charge in [-0.05, 0) is 19.9 Å². The van der Waals surface area contributed by atoms with E-state index in [1.807, 2.05) is 0 Å². The Bertz CT molecular complexity index is 93.1. The Kier molecular flexibility index (Phi) is 1.78. The average molecular weight is 128 g/mol. The van der Waals surface area contributed by atoms with Crippen molar-refractivity contribution in [2.75, 3.05) is 13.6 Å². The van der Waals surface area contributed by atoms with Gasteiger partial charge in [-0.1, -0.05) is 6.92 Å². The molecule has 0 aromatic heterocycles. The predicted molar refractivity (Wildman–Crippen MR) is 39.2 cm³/mol. The quantitative estimate of drug-likeness (QED) is 0.549. The number of nitrogens with two attached hydrogens (primary N) is 1. The van der Waals surface area contributed by atoms with Gasteiger partial charge in [-0.15, -0.1) is 0 Å². The highest BCUT2D eigenvalue weighted by molar-refractivity contribution is 4.94. The molecular weight excluding hydrogens is 112 g/mol. The van der Waals surface area contributed by atoms with Crippen LogP contribution in [0.1, 0.15) is 13.8 Å². The molecule has 0 aromatic carbocycles. The maximum atomic E-state index is 5.54. The van der Waals surface area contributed by atoms with Gasteiger partial charge in [0.2, 0.25) is 0 Å². The molecule has 0 unspecified atom stereocenters. The first-order valence-corrected chi connectivity index (χ1v) is 3.60. The summed E-state index contributed by atoms with van der Waals surface area (Å²) >= 11 is 0. The molecule has 0 aliphatic carbocycles. The zero-order valence-electron chi connectivity index (χ0n) is 6.46. The van der Waals surface area contributed by atoms with Gasteiger partial charge in [-0.25, -0.2) is 0 Å². The molecule has 1 saturated heterocycles. The van der Waals surface area contributed by atoms with Gasteiger partial charge in [0.25, 0.3) is 0 Å². The monoisotopic (exact) mass is 128 g/mol. The number of hydrogen-bond acceptors (Lipinski definition) is 2. The van der Waals surface area contributed by atoms with E-state index < -0.39 is 0 Å². The lowest BCUT2D eigenvalue weighted by atomic mass is 9.83. The van der Waals surface area contributed by atoms with E-state index in [0.717, 1.165) is 18.5 Å². The van der Waals surface area contributed by atoms with Crippen LogP contribution in [0, 0.1) is 5.92 Å². The Labute approximate surface area is 57.0 Å². The second kappa shape index (κ2) is 2.27. The van der Waals surface area contributed by atoms with Crippen LogP contribution in [0.2, 0.25) is 0 Å². The molecule has 9 heavy (non-hydrogen) atoms. The molecule has 0 spiro atoms. The van der Waals surface area contributed by atoms with Crippen LogP contribution in [-0.4, -0.2) is 30.6 Å². The minimum atomic E-state index is 0.639. The van der Waals surface area contributed by atoms with Crippen LogP contribution in [0.4, 0.5) is 0 Å². The molecule has 2 heteroatoms. The molecule has 54 valence electrons. The van der Waals surface area contributed by atoms with Gasteiger partial charge >= 0.3 is 0 Å². The SMILES string of the molecule is C[C@H]1[C@@H](C)N(C)[C@@H]1CN. The molecule has 1 rings (SSSR count). The van der Waals surface area contributed by atoms with Crippen LogP contribution in [-0.2, 0) is 0 Å². The Morgan fingerprint density at radius 3 is 2.22 bits per heavy atom. The Hall–Kier alpha value is -0.0800. The molecule has 0 radical (unpaired) electrons. The lowest BCUT2D eigenvalue weighted by Gasteiger charge is -2.50. The maximum Gasteiger partial charge on any atom is 0.0258 e. The molecule has 1 aliphatic heterocycles. The molecule has 0 amide bonds. The van der Waals surface area contributed by atoms with Crippen LogP contribution in [0.25, 0.3) is 0 Å². The Morgan fingerprint density at radius 1 is 1.44 bits per heavy atom. The van der Waals surface area contributed by atoms with Crippen LogP contribution in [0.5, 0.6) is 0 Å². The number of likely N-dealkylation sites (N-methyl/N-ethyl adjacent to an activating group) is 1. The maximum absolute atomic E-state index is 5.54. The van der Waals surface area contributed by atoms with E-state index >= 15 is 0 Å². The van der Waals surface area contributed by atoms with E-state index in [2.05, 4.69) is 25.8 Å². The van der Waals surface area contributed by atoms with E-state index in [-0.39, 0.29) is 0 Å².